The van der Waals surface area contributed by atoms with Crippen LogP contribution in [-0.4, -0.2) is 83.3 Å². The van der Waals surface area contributed by atoms with E-state index in [1.54, 1.807) is 20.4 Å². The van der Waals surface area contributed by atoms with Crippen LogP contribution in [-0.2, 0) is 22.4 Å². The first-order valence-corrected chi connectivity index (χ1v) is 15.5. The summed E-state index contributed by atoms with van der Waals surface area (Å²) in [4.78, 5) is 48.5. The van der Waals surface area contributed by atoms with Crippen molar-refractivity contribution in [2.75, 3.05) is 40.4 Å². The van der Waals surface area contributed by atoms with Crippen molar-refractivity contribution >= 4 is 23.4 Å². The molecular formula is C33H41N5O5. The normalized spacial score (nSPS) is 23.4. The van der Waals surface area contributed by atoms with Crippen molar-refractivity contribution in [3.8, 4) is 11.5 Å². The van der Waals surface area contributed by atoms with Crippen LogP contribution in [0.4, 0.5) is 0 Å². The van der Waals surface area contributed by atoms with Gasteiger partial charge in [0.1, 0.15) is 5.65 Å². The molecule has 0 aliphatic carbocycles. The number of carbonyl (C=O) groups is 3. The number of nitrogens with zero attached hydrogens (tertiary/aromatic N) is 4. The first kappa shape index (κ1) is 29.0. The number of imidazole rings is 1. The van der Waals surface area contributed by atoms with Gasteiger partial charge in [-0.25, -0.2) is 4.98 Å². The number of nitrogens with one attached hydrogen (secondary N) is 1. The van der Waals surface area contributed by atoms with E-state index in [1.165, 1.54) is 0 Å². The summed E-state index contributed by atoms with van der Waals surface area (Å²) in [5.41, 5.74) is 3.51. The van der Waals surface area contributed by atoms with Crippen LogP contribution < -0.4 is 14.8 Å². The zero-order chi connectivity index (χ0) is 29.9. The number of hydrogen-bond acceptors (Lipinski definition) is 6. The van der Waals surface area contributed by atoms with Crippen LogP contribution in [0, 0.1) is 11.8 Å². The van der Waals surface area contributed by atoms with Crippen molar-refractivity contribution < 1.29 is 23.9 Å². The molecule has 0 unspecified atom stereocenters. The van der Waals surface area contributed by atoms with E-state index < -0.39 is 0 Å². The number of aryl methyl sites for hydroxylation is 2. The van der Waals surface area contributed by atoms with Gasteiger partial charge in [0.15, 0.2) is 11.5 Å². The molecule has 4 bridgehead atoms. The highest BCUT2D eigenvalue weighted by molar-refractivity contribution is 5.94. The Bertz CT molecular complexity index is 1500. The largest absolute Gasteiger partial charge is 0.493 e. The number of pyridine rings is 1. The molecule has 0 spiro atoms. The van der Waals surface area contributed by atoms with Gasteiger partial charge in [-0.15, -0.1) is 0 Å². The average Bonchev–Trinajstić information content (AvgIpc) is 3.49. The maximum absolute atomic E-state index is 13.8. The zero-order valence-electron chi connectivity index (χ0n) is 25.1. The lowest BCUT2D eigenvalue weighted by Crippen LogP contribution is -2.60. The molecule has 2 aromatic heterocycles. The summed E-state index contributed by atoms with van der Waals surface area (Å²) in [5, 5.41) is 3.06. The fourth-order valence-electron chi connectivity index (χ4n) is 7.30. The molecule has 5 heterocycles. The molecular weight excluding hydrogens is 546 g/mol. The van der Waals surface area contributed by atoms with Gasteiger partial charge in [-0.05, 0) is 79.7 Å². The Hall–Kier alpha value is -4.08. The maximum Gasteiger partial charge on any atom is 0.255 e. The van der Waals surface area contributed by atoms with Gasteiger partial charge in [0.05, 0.1) is 19.8 Å². The van der Waals surface area contributed by atoms with E-state index in [4.69, 9.17) is 9.47 Å². The highest BCUT2D eigenvalue weighted by Crippen LogP contribution is 2.37. The molecule has 10 nitrogen and oxygen atoms in total. The highest BCUT2D eigenvalue weighted by Gasteiger charge is 2.43. The Morgan fingerprint density at radius 3 is 2.72 bits per heavy atom. The SMILES string of the molecule is COc1cc2cc(c1OC)CCCNC(=O)CCC[C@H]1[C@@H]3C[C@@H](CN(C(=O)c4ccc5nccn5c4)C3)CN1C(=O)CC2. The zero-order valence-corrected chi connectivity index (χ0v) is 25.1. The molecule has 3 aromatic rings. The van der Waals surface area contributed by atoms with Crippen LogP contribution in [0.25, 0.3) is 5.65 Å². The van der Waals surface area contributed by atoms with E-state index in [1.807, 2.05) is 39.9 Å². The Morgan fingerprint density at radius 1 is 1.00 bits per heavy atom. The van der Waals surface area contributed by atoms with Crippen LogP contribution in [0.2, 0.25) is 0 Å². The lowest BCUT2D eigenvalue weighted by molar-refractivity contribution is -0.140. The minimum absolute atomic E-state index is 0.00264. The summed E-state index contributed by atoms with van der Waals surface area (Å²) in [6.45, 7) is 2.47. The van der Waals surface area contributed by atoms with E-state index in [0.717, 1.165) is 42.5 Å². The number of carbonyl (C=O) groups excluding carboxylic acids is 3. The number of likely N-dealkylation sites (tertiary alicyclic amines) is 1. The van der Waals surface area contributed by atoms with Gasteiger partial charge in [-0.1, -0.05) is 6.07 Å². The third-order valence-electron chi connectivity index (χ3n) is 9.30. The van der Waals surface area contributed by atoms with Gasteiger partial charge in [-0.3, -0.25) is 14.4 Å². The van der Waals surface area contributed by atoms with Gasteiger partial charge < -0.3 is 29.0 Å². The Labute approximate surface area is 252 Å². The minimum Gasteiger partial charge on any atom is -0.493 e. The summed E-state index contributed by atoms with van der Waals surface area (Å²) in [7, 11) is 3.27. The minimum atomic E-state index is -0.00264. The number of methoxy groups -OCH3 is 2. The topological polar surface area (TPSA) is 105 Å². The second-order valence-corrected chi connectivity index (χ2v) is 12.1. The predicted octanol–water partition coefficient (Wildman–Crippen LogP) is 3.51. The number of rotatable bonds is 3. The van der Waals surface area contributed by atoms with Crippen LogP contribution in [0.15, 0.2) is 42.9 Å². The second-order valence-electron chi connectivity index (χ2n) is 12.1. The summed E-state index contributed by atoms with van der Waals surface area (Å²) in [6.07, 6.45) is 10.8. The quantitative estimate of drug-likeness (QED) is 0.503. The standard InChI is InChI=1S/C33H41N5O5/c1-42-28-17-22-8-11-31(40)38-19-23-16-26(21-37(18-23)33(41)25-9-10-29-34-13-14-36(29)20-25)27(38)6-3-7-30(39)35-12-4-5-24(15-22)32(28)43-2/h9-10,13-15,17,20,23,26-27H,3-8,11-12,16,18-19,21H2,1-2H3,(H,35,39)/t23-,26+,27-/m0/s1. The van der Waals surface area contributed by atoms with Crippen molar-refractivity contribution in [3.05, 3.63) is 59.5 Å². The average molecular weight is 588 g/mol. The molecule has 3 amide bonds. The highest BCUT2D eigenvalue weighted by atomic mass is 16.5. The molecule has 43 heavy (non-hydrogen) atoms. The molecule has 6 rings (SSSR count). The van der Waals surface area contributed by atoms with Crippen LogP contribution in [0.1, 0.15) is 60.0 Å². The molecule has 3 aliphatic heterocycles. The third kappa shape index (κ3) is 6.19. The predicted molar refractivity (Wildman–Crippen MR) is 161 cm³/mol. The number of amides is 3. The van der Waals surface area contributed by atoms with Crippen molar-refractivity contribution in [2.24, 2.45) is 11.8 Å². The number of piperidine rings is 2. The number of aromatic nitrogens is 2. The number of benzene rings is 1. The fraction of sp³-hybridized carbons (Fsp3) is 0.515. The summed E-state index contributed by atoms with van der Waals surface area (Å²) >= 11 is 0. The second kappa shape index (κ2) is 12.7. The Morgan fingerprint density at radius 2 is 1.88 bits per heavy atom. The van der Waals surface area contributed by atoms with Gasteiger partial charge in [0, 0.05) is 63.7 Å². The molecule has 2 saturated heterocycles. The van der Waals surface area contributed by atoms with E-state index in [9.17, 15) is 14.4 Å². The molecule has 1 N–H and O–H groups in total. The number of fused-ring (bicyclic) bond motifs is 7. The maximum atomic E-state index is 13.8. The Kier molecular flexibility index (Phi) is 8.54. The lowest BCUT2D eigenvalue weighted by atomic mass is 9.77. The number of ether oxygens (including phenoxy) is 2. The van der Waals surface area contributed by atoms with Gasteiger partial charge in [0.25, 0.3) is 5.91 Å². The summed E-state index contributed by atoms with van der Waals surface area (Å²) < 4.78 is 13.2. The monoisotopic (exact) mass is 587 g/mol. The molecule has 1 aromatic carbocycles. The van der Waals surface area contributed by atoms with Gasteiger partial charge in [0.2, 0.25) is 11.8 Å². The van der Waals surface area contributed by atoms with E-state index in [0.29, 0.717) is 68.9 Å². The van der Waals surface area contributed by atoms with E-state index in [2.05, 4.69) is 21.3 Å². The van der Waals surface area contributed by atoms with Crippen LogP contribution in [0.5, 0.6) is 11.5 Å². The summed E-state index contributed by atoms with van der Waals surface area (Å²) in [5.74, 6) is 1.95. The molecule has 3 aliphatic rings. The molecule has 2 fully saturated rings. The first-order valence-electron chi connectivity index (χ1n) is 15.5. The molecule has 228 valence electrons. The smallest absolute Gasteiger partial charge is 0.255 e. The molecule has 10 heteroatoms. The molecule has 0 radical (unpaired) electrons. The summed E-state index contributed by atoms with van der Waals surface area (Å²) in [6, 6.07) is 7.78. The van der Waals surface area contributed by atoms with Crippen LogP contribution in [0.3, 0.4) is 0 Å². The molecule has 0 saturated carbocycles. The first-order chi connectivity index (χ1) is 20.9. The van der Waals surface area contributed by atoms with E-state index >= 15 is 0 Å². The molecule has 3 atom stereocenters. The van der Waals surface area contributed by atoms with Gasteiger partial charge >= 0.3 is 0 Å². The van der Waals surface area contributed by atoms with Crippen molar-refractivity contribution in [3.63, 3.8) is 0 Å². The van der Waals surface area contributed by atoms with Crippen molar-refractivity contribution in [1.29, 1.82) is 0 Å². The van der Waals surface area contributed by atoms with E-state index in [-0.39, 0.29) is 35.6 Å². The third-order valence-corrected chi connectivity index (χ3v) is 9.30. The van der Waals surface area contributed by atoms with Crippen molar-refractivity contribution in [2.45, 2.75) is 57.4 Å². The van der Waals surface area contributed by atoms with Crippen LogP contribution >= 0.6 is 0 Å². The Balaban J connectivity index is 1.22. The van der Waals surface area contributed by atoms with Crippen molar-refractivity contribution in [1.82, 2.24) is 24.5 Å². The lowest BCUT2D eigenvalue weighted by Gasteiger charge is -2.51. The van der Waals surface area contributed by atoms with Gasteiger partial charge in [-0.2, -0.15) is 0 Å². The fourth-order valence-corrected chi connectivity index (χ4v) is 7.30. The number of hydrogen-bond donors (Lipinski definition) is 1.